The van der Waals surface area contributed by atoms with Gasteiger partial charge in [-0.1, -0.05) is 0 Å². The number of hydrogen-bond acceptors (Lipinski definition) is 5. The first-order valence-corrected chi connectivity index (χ1v) is 6.55. The lowest BCUT2D eigenvalue weighted by molar-refractivity contribution is -0.118. The molecular weight excluding hydrogens is 260 g/mol. The monoisotopic (exact) mass is 280 g/mol. The largest absolute Gasteiger partial charge is 0.493 e. The van der Waals surface area contributed by atoms with E-state index in [1.807, 2.05) is 0 Å². The van der Waals surface area contributed by atoms with E-state index in [-0.39, 0.29) is 5.91 Å². The van der Waals surface area contributed by atoms with E-state index >= 15 is 0 Å². The van der Waals surface area contributed by atoms with Gasteiger partial charge in [-0.25, -0.2) is 0 Å². The van der Waals surface area contributed by atoms with Crippen molar-refractivity contribution in [2.24, 2.45) is 0 Å². The molecule has 0 atom stereocenters. The fourth-order valence-electron chi connectivity index (χ4n) is 2.08. The summed E-state index contributed by atoms with van der Waals surface area (Å²) >= 11 is 0. The first kappa shape index (κ1) is 14.6. The zero-order chi connectivity index (χ0) is 14.4. The third kappa shape index (κ3) is 3.85. The third-order valence-corrected chi connectivity index (χ3v) is 3.14. The zero-order valence-electron chi connectivity index (χ0n) is 11.8. The molecule has 0 aromatic heterocycles. The molecule has 0 unspecified atom stereocenters. The average molecular weight is 280 g/mol. The van der Waals surface area contributed by atoms with E-state index < -0.39 is 0 Å². The van der Waals surface area contributed by atoms with Crippen LogP contribution in [0.15, 0.2) is 18.2 Å². The zero-order valence-corrected chi connectivity index (χ0v) is 11.8. The van der Waals surface area contributed by atoms with Crippen molar-refractivity contribution in [1.82, 2.24) is 4.90 Å². The smallest absolute Gasteiger partial charge is 0.238 e. The number of nitrogens with zero attached hydrogens (tertiary/aromatic N) is 1. The number of nitrogens with one attached hydrogen (secondary N) is 1. The van der Waals surface area contributed by atoms with Crippen LogP contribution in [0.4, 0.5) is 5.69 Å². The first-order chi connectivity index (χ1) is 9.72. The molecule has 1 aliphatic rings. The first-order valence-electron chi connectivity index (χ1n) is 6.55. The minimum Gasteiger partial charge on any atom is -0.493 e. The summed E-state index contributed by atoms with van der Waals surface area (Å²) in [5.41, 5.74) is 0.695. The summed E-state index contributed by atoms with van der Waals surface area (Å²) in [6.07, 6.45) is 0. The van der Waals surface area contributed by atoms with E-state index in [9.17, 15) is 4.79 Å². The van der Waals surface area contributed by atoms with Gasteiger partial charge in [0.05, 0.1) is 34.0 Å². The van der Waals surface area contributed by atoms with Crippen molar-refractivity contribution in [2.45, 2.75) is 0 Å². The summed E-state index contributed by atoms with van der Waals surface area (Å²) in [4.78, 5) is 14.0. The standard InChI is InChI=1S/C14H20N2O4/c1-18-12-4-3-11(9-13(12)19-2)15-14(17)10-16-5-7-20-8-6-16/h3-4,9H,5-8,10H2,1-2H3,(H,15,17). The summed E-state index contributed by atoms with van der Waals surface area (Å²) in [5.74, 6) is 1.19. The Bertz CT molecular complexity index is 458. The highest BCUT2D eigenvalue weighted by atomic mass is 16.5. The van der Waals surface area contributed by atoms with Crippen LogP contribution < -0.4 is 14.8 Å². The van der Waals surface area contributed by atoms with Crippen molar-refractivity contribution in [2.75, 3.05) is 52.4 Å². The fourth-order valence-corrected chi connectivity index (χ4v) is 2.08. The van der Waals surface area contributed by atoms with Crippen LogP contribution >= 0.6 is 0 Å². The van der Waals surface area contributed by atoms with E-state index in [0.717, 1.165) is 13.1 Å². The number of carbonyl (C=O) groups excluding carboxylic acids is 1. The second-order valence-electron chi connectivity index (χ2n) is 4.51. The van der Waals surface area contributed by atoms with Gasteiger partial charge in [0.2, 0.25) is 5.91 Å². The number of anilines is 1. The normalized spacial score (nSPS) is 15.7. The van der Waals surface area contributed by atoms with E-state index in [1.54, 1.807) is 32.4 Å². The molecule has 1 aliphatic heterocycles. The summed E-state index contributed by atoms with van der Waals surface area (Å²) in [6.45, 7) is 3.32. The summed E-state index contributed by atoms with van der Waals surface area (Å²) < 4.78 is 15.6. The molecule has 1 aromatic rings. The second kappa shape index (κ2) is 7.12. The molecule has 6 heteroatoms. The highest BCUT2D eigenvalue weighted by Crippen LogP contribution is 2.29. The van der Waals surface area contributed by atoms with Crippen LogP contribution in [-0.4, -0.2) is 57.9 Å². The van der Waals surface area contributed by atoms with Crippen molar-refractivity contribution in [3.05, 3.63) is 18.2 Å². The Morgan fingerprint density at radius 1 is 1.25 bits per heavy atom. The van der Waals surface area contributed by atoms with Crippen molar-refractivity contribution in [1.29, 1.82) is 0 Å². The Morgan fingerprint density at radius 3 is 2.60 bits per heavy atom. The summed E-state index contributed by atoms with van der Waals surface area (Å²) in [7, 11) is 3.14. The number of morpholine rings is 1. The number of amides is 1. The number of benzene rings is 1. The maximum Gasteiger partial charge on any atom is 0.238 e. The molecule has 0 aliphatic carbocycles. The molecule has 0 saturated carbocycles. The molecule has 20 heavy (non-hydrogen) atoms. The van der Waals surface area contributed by atoms with Crippen LogP contribution in [0.3, 0.4) is 0 Å². The Balaban J connectivity index is 1.93. The number of hydrogen-bond donors (Lipinski definition) is 1. The van der Waals surface area contributed by atoms with Crippen molar-refractivity contribution in [3.63, 3.8) is 0 Å². The summed E-state index contributed by atoms with van der Waals surface area (Å²) in [6, 6.07) is 5.30. The SMILES string of the molecule is COc1ccc(NC(=O)CN2CCOCC2)cc1OC. The minimum absolute atomic E-state index is 0.0425. The molecular formula is C14H20N2O4. The molecule has 1 aromatic carbocycles. The van der Waals surface area contributed by atoms with E-state index in [2.05, 4.69) is 10.2 Å². The van der Waals surface area contributed by atoms with Gasteiger partial charge in [0.15, 0.2) is 11.5 Å². The molecule has 1 amide bonds. The Morgan fingerprint density at radius 2 is 1.95 bits per heavy atom. The minimum atomic E-state index is -0.0425. The molecule has 0 spiro atoms. The molecule has 110 valence electrons. The van der Waals surface area contributed by atoms with Crippen molar-refractivity contribution < 1.29 is 19.0 Å². The van der Waals surface area contributed by atoms with Gasteiger partial charge >= 0.3 is 0 Å². The molecule has 2 rings (SSSR count). The second-order valence-corrected chi connectivity index (χ2v) is 4.51. The lowest BCUT2D eigenvalue weighted by atomic mass is 10.2. The Hall–Kier alpha value is -1.79. The topological polar surface area (TPSA) is 60.0 Å². The molecule has 0 bridgehead atoms. The maximum atomic E-state index is 12.0. The molecule has 1 saturated heterocycles. The van der Waals surface area contributed by atoms with E-state index in [0.29, 0.717) is 36.9 Å². The Kier molecular flexibility index (Phi) is 5.20. The Labute approximate surface area is 118 Å². The third-order valence-electron chi connectivity index (χ3n) is 3.14. The molecule has 6 nitrogen and oxygen atoms in total. The van der Waals surface area contributed by atoms with Gasteiger partial charge in [-0.05, 0) is 12.1 Å². The van der Waals surface area contributed by atoms with Crippen LogP contribution in [0.25, 0.3) is 0 Å². The average Bonchev–Trinajstić information content (AvgIpc) is 2.48. The number of methoxy groups -OCH3 is 2. The van der Waals surface area contributed by atoms with E-state index in [4.69, 9.17) is 14.2 Å². The van der Waals surface area contributed by atoms with Crippen LogP contribution in [0.5, 0.6) is 11.5 Å². The molecule has 1 heterocycles. The number of rotatable bonds is 5. The van der Waals surface area contributed by atoms with Crippen LogP contribution in [0, 0.1) is 0 Å². The number of carbonyl (C=O) groups is 1. The van der Waals surface area contributed by atoms with Gasteiger partial charge in [0, 0.05) is 24.8 Å². The fraction of sp³-hybridized carbons (Fsp3) is 0.500. The molecule has 1 N–H and O–H groups in total. The quantitative estimate of drug-likeness (QED) is 0.871. The van der Waals surface area contributed by atoms with Crippen LogP contribution in [0.1, 0.15) is 0 Å². The predicted octanol–water partition coefficient (Wildman–Crippen LogP) is 0.974. The highest BCUT2D eigenvalue weighted by molar-refractivity contribution is 5.92. The highest BCUT2D eigenvalue weighted by Gasteiger charge is 2.14. The number of ether oxygens (including phenoxy) is 3. The molecule has 1 fully saturated rings. The van der Waals surface area contributed by atoms with Crippen LogP contribution in [-0.2, 0) is 9.53 Å². The summed E-state index contributed by atoms with van der Waals surface area (Å²) in [5, 5.41) is 2.86. The van der Waals surface area contributed by atoms with Gasteiger partial charge < -0.3 is 19.5 Å². The molecule has 0 radical (unpaired) electrons. The lowest BCUT2D eigenvalue weighted by Crippen LogP contribution is -2.41. The van der Waals surface area contributed by atoms with E-state index in [1.165, 1.54) is 0 Å². The lowest BCUT2D eigenvalue weighted by Gasteiger charge is -2.25. The van der Waals surface area contributed by atoms with Crippen molar-refractivity contribution >= 4 is 11.6 Å². The van der Waals surface area contributed by atoms with Crippen LogP contribution in [0.2, 0.25) is 0 Å². The van der Waals surface area contributed by atoms with Gasteiger partial charge in [0.25, 0.3) is 0 Å². The van der Waals surface area contributed by atoms with Gasteiger partial charge in [-0.2, -0.15) is 0 Å². The predicted molar refractivity (Wildman–Crippen MR) is 75.4 cm³/mol. The van der Waals surface area contributed by atoms with Gasteiger partial charge in [-0.15, -0.1) is 0 Å². The maximum absolute atomic E-state index is 12.0. The van der Waals surface area contributed by atoms with Gasteiger partial charge in [0.1, 0.15) is 0 Å². The van der Waals surface area contributed by atoms with Crippen molar-refractivity contribution in [3.8, 4) is 11.5 Å². The van der Waals surface area contributed by atoms with Gasteiger partial charge in [-0.3, -0.25) is 9.69 Å².